The van der Waals surface area contributed by atoms with Crippen LogP contribution in [-0.4, -0.2) is 29.4 Å². The van der Waals surface area contributed by atoms with Crippen LogP contribution in [0.5, 0.6) is 11.5 Å². The van der Waals surface area contributed by atoms with Gasteiger partial charge in [-0.1, -0.05) is 13.0 Å². The van der Waals surface area contributed by atoms with Crippen molar-refractivity contribution in [3.05, 3.63) is 47.0 Å². The molecule has 0 saturated heterocycles. The predicted octanol–water partition coefficient (Wildman–Crippen LogP) is 3.71. The largest absolute Gasteiger partial charge is 0.493 e. The minimum absolute atomic E-state index is 0.224. The maximum atomic E-state index is 10.6. The average Bonchev–Trinajstić information content (AvgIpc) is 2.59. The quantitative estimate of drug-likeness (QED) is 0.763. The number of rotatable bonds is 8. The van der Waals surface area contributed by atoms with Gasteiger partial charge in [0.1, 0.15) is 11.5 Å². The monoisotopic (exact) mass is 344 g/mol. The van der Waals surface area contributed by atoms with Crippen LogP contribution in [-0.2, 0) is 11.4 Å². The van der Waals surface area contributed by atoms with E-state index in [1.807, 2.05) is 38.1 Å². The van der Waals surface area contributed by atoms with Crippen LogP contribution in [0.1, 0.15) is 30.0 Å². The molecule has 0 saturated carbocycles. The molecule has 2 aromatic rings. The summed E-state index contributed by atoms with van der Waals surface area (Å²) in [7, 11) is 0. The minimum atomic E-state index is -1.05. The lowest BCUT2D eigenvalue weighted by Crippen LogP contribution is -2.10. The van der Waals surface area contributed by atoms with Crippen molar-refractivity contribution in [1.29, 1.82) is 0 Å². The van der Waals surface area contributed by atoms with E-state index in [0.29, 0.717) is 17.9 Å². The Morgan fingerprint density at radius 3 is 2.28 bits per heavy atom. The number of aliphatic hydroxyl groups excluding tert-OH is 1. The van der Waals surface area contributed by atoms with E-state index in [2.05, 4.69) is 6.92 Å². The van der Waals surface area contributed by atoms with E-state index >= 15 is 0 Å². The molecule has 0 aliphatic carbocycles. The van der Waals surface area contributed by atoms with Crippen LogP contribution in [0.2, 0.25) is 0 Å². The third-order valence-electron chi connectivity index (χ3n) is 3.83. The lowest BCUT2D eigenvalue weighted by molar-refractivity contribution is -0.139. The molecule has 0 heterocycles. The molecular formula is C20H24O5. The van der Waals surface area contributed by atoms with Crippen LogP contribution < -0.4 is 9.47 Å². The summed E-state index contributed by atoms with van der Waals surface area (Å²) in [5.74, 6) is 0.237. The average molecular weight is 344 g/mol. The first kappa shape index (κ1) is 18.8. The molecule has 0 atom stereocenters. The smallest absolute Gasteiger partial charge is 0.341 e. The number of hydrogen-bond donors (Lipinski definition) is 2. The fourth-order valence-corrected chi connectivity index (χ4v) is 2.71. The number of aryl methyl sites for hydroxylation is 2. The van der Waals surface area contributed by atoms with E-state index in [9.17, 15) is 9.90 Å². The highest BCUT2D eigenvalue weighted by Crippen LogP contribution is 2.32. The third kappa shape index (κ3) is 4.73. The van der Waals surface area contributed by atoms with Gasteiger partial charge in [0.05, 0.1) is 13.2 Å². The number of benzene rings is 2. The second kappa shape index (κ2) is 8.53. The van der Waals surface area contributed by atoms with Gasteiger partial charge in [0.15, 0.2) is 6.61 Å². The summed E-state index contributed by atoms with van der Waals surface area (Å²) in [5.41, 5.74) is 4.61. The molecule has 0 radical (unpaired) electrons. The van der Waals surface area contributed by atoms with E-state index in [1.54, 1.807) is 6.07 Å². The molecule has 0 aromatic heterocycles. The first-order chi connectivity index (χ1) is 12.0. The zero-order valence-electron chi connectivity index (χ0n) is 14.8. The molecule has 134 valence electrons. The normalized spacial score (nSPS) is 10.6. The first-order valence-corrected chi connectivity index (χ1v) is 8.29. The van der Waals surface area contributed by atoms with Gasteiger partial charge in [0, 0.05) is 5.56 Å². The zero-order valence-corrected chi connectivity index (χ0v) is 14.8. The Bertz CT molecular complexity index is 729. The van der Waals surface area contributed by atoms with Crippen LogP contribution >= 0.6 is 0 Å². The van der Waals surface area contributed by atoms with Gasteiger partial charge in [-0.05, 0) is 66.8 Å². The van der Waals surface area contributed by atoms with Crippen molar-refractivity contribution in [2.24, 2.45) is 0 Å². The molecule has 2 aromatic carbocycles. The Labute approximate surface area is 147 Å². The first-order valence-electron chi connectivity index (χ1n) is 8.29. The van der Waals surface area contributed by atoms with Gasteiger partial charge in [-0.2, -0.15) is 0 Å². The molecule has 0 unspecified atom stereocenters. The van der Waals surface area contributed by atoms with Gasteiger partial charge in [0.25, 0.3) is 0 Å². The van der Waals surface area contributed by atoms with Crippen molar-refractivity contribution in [1.82, 2.24) is 0 Å². The summed E-state index contributed by atoms with van der Waals surface area (Å²) in [5, 5.41) is 18.3. The van der Waals surface area contributed by atoms with Gasteiger partial charge >= 0.3 is 5.97 Å². The summed E-state index contributed by atoms with van der Waals surface area (Å²) in [6.07, 6.45) is 0.957. The van der Waals surface area contributed by atoms with Crippen LogP contribution in [0.15, 0.2) is 30.3 Å². The number of aliphatic hydroxyl groups is 1. The molecule has 25 heavy (non-hydrogen) atoms. The molecule has 0 bridgehead atoms. The minimum Gasteiger partial charge on any atom is -0.493 e. The molecule has 2 rings (SSSR count). The van der Waals surface area contributed by atoms with Crippen LogP contribution in [0, 0.1) is 13.8 Å². The number of carbonyl (C=O) groups is 1. The summed E-state index contributed by atoms with van der Waals surface area (Å²) in [4.78, 5) is 10.6. The van der Waals surface area contributed by atoms with Gasteiger partial charge in [0.2, 0.25) is 0 Å². The molecular weight excluding hydrogens is 320 g/mol. The van der Waals surface area contributed by atoms with Gasteiger partial charge in [-0.15, -0.1) is 0 Å². The Morgan fingerprint density at radius 2 is 1.72 bits per heavy atom. The molecule has 0 aliphatic heterocycles. The Morgan fingerprint density at radius 1 is 1.04 bits per heavy atom. The summed E-state index contributed by atoms with van der Waals surface area (Å²) in [6.45, 7) is 6.12. The second-order valence-electron chi connectivity index (χ2n) is 5.95. The van der Waals surface area contributed by atoms with Gasteiger partial charge < -0.3 is 19.7 Å². The summed E-state index contributed by atoms with van der Waals surface area (Å²) >= 11 is 0. The van der Waals surface area contributed by atoms with E-state index in [4.69, 9.17) is 14.6 Å². The Balaban J connectivity index is 2.33. The lowest BCUT2D eigenvalue weighted by atomic mass is 9.98. The van der Waals surface area contributed by atoms with E-state index in [1.165, 1.54) is 0 Å². The molecule has 0 spiro atoms. The predicted molar refractivity (Wildman–Crippen MR) is 96.2 cm³/mol. The molecule has 5 heteroatoms. The van der Waals surface area contributed by atoms with Crippen molar-refractivity contribution in [3.8, 4) is 22.6 Å². The van der Waals surface area contributed by atoms with Gasteiger partial charge in [-0.3, -0.25) is 0 Å². The standard InChI is InChI=1S/C20H24O5/c1-4-7-24-20-13(2)8-16(9-14(20)3)15-5-6-18(17(10-15)11-21)25-12-19(22)23/h5-6,8-10,21H,4,7,11-12H2,1-3H3,(H,22,23). The molecule has 0 amide bonds. The van der Waals surface area contributed by atoms with Crippen molar-refractivity contribution in [3.63, 3.8) is 0 Å². The highest BCUT2D eigenvalue weighted by atomic mass is 16.5. The highest BCUT2D eigenvalue weighted by molar-refractivity contribution is 5.70. The van der Waals surface area contributed by atoms with Crippen molar-refractivity contribution in [2.45, 2.75) is 33.8 Å². The van der Waals surface area contributed by atoms with Crippen LogP contribution in [0.25, 0.3) is 11.1 Å². The van der Waals surface area contributed by atoms with E-state index in [0.717, 1.165) is 34.4 Å². The maximum absolute atomic E-state index is 10.6. The maximum Gasteiger partial charge on any atom is 0.341 e. The summed E-state index contributed by atoms with van der Waals surface area (Å²) < 4.78 is 11.0. The SMILES string of the molecule is CCCOc1c(C)cc(-c2ccc(OCC(=O)O)c(CO)c2)cc1C. The van der Waals surface area contributed by atoms with Crippen LogP contribution in [0.4, 0.5) is 0 Å². The van der Waals surface area contributed by atoms with Crippen molar-refractivity contribution in [2.75, 3.05) is 13.2 Å². The zero-order chi connectivity index (χ0) is 18.4. The summed E-state index contributed by atoms with van der Waals surface area (Å²) in [6, 6.07) is 9.46. The number of aliphatic carboxylic acids is 1. The Kier molecular flexibility index (Phi) is 6.42. The van der Waals surface area contributed by atoms with Gasteiger partial charge in [-0.25, -0.2) is 4.79 Å². The molecule has 2 N–H and O–H groups in total. The molecule has 0 aliphatic rings. The third-order valence-corrected chi connectivity index (χ3v) is 3.83. The van der Waals surface area contributed by atoms with Crippen molar-refractivity contribution >= 4 is 5.97 Å². The lowest BCUT2D eigenvalue weighted by Gasteiger charge is -2.15. The van der Waals surface area contributed by atoms with E-state index in [-0.39, 0.29) is 6.61 Å². The van der Waals surface area contributed by atoms with E-state index < -0.39 is 12.6 Å². The topological polar surface area (TPSA) is 76.0 Å². The number of ether oxygens (including phenoxy) is 2. The number of carboxylic acid groups (broad SMARTS) is 1. The van der Waals surface area contributed by atoms with Crippen LogP contribution in [0.3, 0.4) is 0 Å². The highest BCUT2D eigenvalue weighted by Gasteiger charge is 2.11. The fraction of sp³-hybridized carbons (Fsp3) is 0.350. The fourth-order valence-electron chi connectivity index (χ4n) is 2.71. The Hall–Kier alpha value is -2.53. The number of hydrogen-bond acceptors (Lipinski definition) is 4. The molecule has 5 nitrogen and oxygen atoms in total. The van der Waals surface area contributed by atoms with Crippen molar-refractivity contribution < 1.29 is 24.5 Å². The molecule has 0 fully saturated rings. The number of carboxylic acids is 1. The second-order valence-corrected chi connectivity index (χ2v) is 5.95.